The van der Waals surface area contributed by atoms with Gasteiger partial charge in [-0.3, -0.25) is 0 Å². The van der Waals surface area contributed by atoms with Crippen molar-refractivity contribution in [1.82, 2.24) is 14.8 Å². The Bertz CT molecular complexity index is 1150. The van der Waals surface area contributed by atoms with Crippen LogP contribution in [0.1, 0.15) is 44.0 Å². The predicted octanol–water partition coefficient (Wildman–Crippen LogP) is 4.83. The maximum Gasteiger partial charge on any atom is 0.340 e. The van der Waals surface area contributed by atoms with Gasteiger partial charge in [0.25, 0.3) is 11.8 Å². The van der Waals surface area contributed by atoms with Crippen molar-refractivity contribution in [3.8, 4) is 11.5 Å². The number of rotatable bonds is 6. The molecule has 4 rings (SSSR count). The molecular weight excluding hydrogens is 390 g/mol. The maximum absolute atomic E-state index is 12.6. The van der Waals surface area contributed by atoms with Gasteiger partial charge >= 0.3 is 5.97 Å². The Morgan fingerprint density at radius 2 is 2.00 bits per heavy atom. The van der Waals surface area contributed by atoms with Gasteiger partial charge in [-0.05, 0) is 51.3 Å². The van der Waals surface area contributed by atoms with E-state index in [1.54, 1.807) is 11.3 Å². The first-order valence-electron chi connectivity index (χ1n) is 9.18. The molecule has 8 heteroatoms. The average molecular weight is 411 g/mol. The Kier molecular flexibility index (Phi) is 5.10. The van der Waals surface area contributed by atoms with Gasteiger partial charge in [0.1, 0.15) is 11.5 Å². The van der Waals surface area contributed by atoms with Gasteiger partial charge in [0.05, 0.1) is 17.7 Å². The van der Waals surface area contributed by atoms with E-state index in [0.717, 1.165) is 29.3 Å². The molecule has 0 bridgehead atoms. The summed E-state index contributed by atoms with van der Waals surface area (Å²) in [7, 11) is 0. The molecule has 4 aromatic heterocycles. The molecule has 0 atom stereocenters. The number of aryl methyl sites for hydroxylation is 3. The largest absolute Gasteiger partial charge is 0.466 e. The van der Waals surface area contributed by atoms with Crippen LogP contribution in [0.4, 0.5) is 0 Å². The van der Waals surface area contributed by atoms with Crippen molar-refractivity contribution in [2.45, 2.75) is 40.8 Å². The van der Waals surface area contributed by atoms with Crippen LogP contribution in [0.3, 0.4) is 0 Å². The first-order valence-corrected chi connectivity index (χ1v) is 10.1. The van der Waals surface area contributed by atoms with Gasteiger partial charge in [-0.15, -0.1) is 21.5 Å². The molecule has 0 radical (unpaired) electrons. The fraction of sp³-hybridized carbons (Fsp3) is 0.286. The van der Waals surface area contributed by atoms with Crippen molar-refractivity contribution in [3.05, 3.63) is 68.9 Å². The lowest BCUT2D eigenvalue weighted by molar-refractivity contribution is 0.0437. The molecular formula is C21H21N3O4S. The molecule has 0 saturated heterocycles. The molecule has 0 aliphatic heterocycles. The molecule has 0 amide bonds. The zero-order valence-corrected chi connectivity index (χ0v) is 17.5. The lowest BCUT2D eigenvalue weighted by Gasteiger charge is -2.08. The molecule has 0 fully saturated rings. The molecule has 150 valence electrons. The molecule has 0 aromatic carbocycles. The van der Waals surface area contributed by atoms with E-state index in [2.05, 4.69) is 20.8 Å². The predicted molar refractivity (Wildman–Crippen MR) is 108 cm³/mol. The third-order valence-corrected chi connectivity index (χ3v) is 5.61. The van der Waals surface area contributed by atoms with Gasteiger partial charge in [-0.25, -0.2) is 4.79 Å². The summed E-state index contributed by atoms with van der Waals surface area (Å²) in [5.74, 6) is 1.64. The van der Waals surface area contributed by atoms with Crippen molar-refractivity contribution in [3.63, 3.8) is 0 Å². The molecule has 4 aromatic rings. The van der Waals surface area contributed by atoms with Gasteiger partial charge in [0, 0.05) is 16.3 Å². The summed E-state index contributed by atoms with van der Waals surface area (Å²) < 4.78 is 18.6. The lowest BCUT2D eigenvalue weighted by Crippen LogP contribution is -2.08. The van der Waals surface area contributed by atoms with Crippen LogP contribution in [0.25, 0.3) is 11.5 Å². The van der Waals surface area contributed by atoms with Crippen LogP contribution in [0.15, 0.2) is 38.5 Å². The van der Waals surface area contributed by atoms with E-state index in [1.165, 1.54) is 4.88 Å². The van der Waals surface area contributed by atoms with Crippen molar-refractivity contribution in [2.75, 3.05) is 0 Å². The van der Waals surface area contributed by atoms with Gasteiger partial charge in [-0.1, -0.05) is 6.07 Å². The molecule has 7 nitrogen and oxygen atoms in total. The first kappa shape index (κ1) is 19.2. The number of thiophene rings is 1. The number of furan rings is 1. The van der Waals surface area contributed by atoms with E-state index in [-0.39, 0.29) is 12.5 Å². The molecule has 0 saturated carbocycles. The third kappa shape index (κ3) is 3.88. The molecule has 4 heterocycles. The summed E-state index contributed by atoms with van der Waals surface area (Å²) in [6, 6.07) is 7.79. The van der Waals surface area contributed by atoms with Crippen molar-refractivity contribution >= 4 is 17.3 Å². The minimum absolute atomic E-state index is 0.0870. The van der Waals surface area contributed by atoms with Crippen molar-refractivity contribution < 1.29 is 18.4 Å². The minimum atomic E-state index is -0.411. The Morgan fingerprint density at radius 1 is 1.17 bits per heavy atom. The summed E-state index contributed by atoms with van der Waals surface area (Å²) >= 11 is 1.69. The monoisotopic (exact) mass is 411 g/mol. The highest BCUT2D eigenvalue weighted by atomic mass is 32.1. The molecule has 0 aliphatic rings. The summed E-state index contributed by atoms with van der Waals surface area (Å²) in [6.45, 7) is 8.24. The number of hydrogen-bond donors (Lipinski definition) is 0. The highest BCUT2D eigenvalue weighted by Gasteiger charge is 2.19. The van der Waals surface area contributed by atoms with Crippen LogP contribution in [0.5, 0.6) is 0 Å². The Balaban J connectivity index is 1.45. The number of esters is 1. The molecule has 0 spiro atoms. The quantitative estimate of drug-likeness (QED) is 0.423. The molecule has 0 N–H and O–H groups in total. The van der Waals surface area contributed by atoms with Crippen LogP contribution in [-0.2, 0) is 17.9 Å². The lowest BCUT2D eigenvalue weighted by atomic mass is 10.2. The summed E-state index contributed by atoms with van der Waals surface area (Å²) in [4.78, 5) is 13.8. The number of carbonyl (C=O) groups excluding carboxylic acids is 1. The van der Waals surface area contributed by atoms with E-state index in [4.69, 9.17) is 13.6 Å². The number of aromatic nitrogens is 3. The normalized spacial score (nSPS) is 11.2. The molecule has 0 unspecified atom stereocenters. The summed E-state index contributed by atoms with van der Waals surface area (Å²) in [5.41, 5.74) is 3.16. The fourth-order valence-corrected chi connectivity index (χ4v) is 3.97. The molecule has 0 aliphatic carbocycles. The summed E-state index contributed by atoms with van der Waals surface area (Å²) in [6.07, 6.45) is 0. The SMILES string of the molecule is Cc1cc(-c2nnc(COC(=O)c3cc(C)n(Cc4cccs4)c3C)o2)c(C)o1. The standard InChI is InChI=1S/C21H21N3O4S/c1-12-8-17(14(3)24(12)10-16-6-5-7-29-16)21(25)26-11-19-22-23-20(28-19)18-9-13(2)27-15(18)4/h5-9H,10-11H2,1-4H3. The van der Waals surface area contributed by atoms with E-state index >= 15 is 0 Å². The molecule has 29 heavy (non-hydrogen) atoms. The Hall–Kier alpha value is -3.13. The first-order chi connectivity index (χ1) is 13.9. The number of nitrogens with zero attached hydrogens (tertiary/aromatic N) is 3. The van der Waals surface area contributed by atoms with Crippen LogP contribution in [0.2, 0.25) is 0 Å². The number of hydrogen-bond acceptors (Lipinski definition) is 7. The second-order valence-electron chi connectivity index (χ2n) is 6.85. The maximum atomic E-state index is 12.6. The second kappa shape index (κ2) is 7.71. The number of carbonyl (C=O) groups is 1. The van der Waals surface area contributed by atoms with Crippen LogP contribution in [0, 0.1) is 27.7 Å². The number of ether oxygens (including phenoxy) is 1. The van der Waals surface area contributed by atoms with Gasteiger partial charge in [-0.2, -0.15) is 0 Å². The highest BCUT2D eigenvalue weighted by Crippen LogP contribution is 2.26. The Morgan fingerprint density at radius 3 is 2.69 bits per heavy atom. The van der Waals surface area contributed by atoms with Crippen LogP contribution < -0.4 is 0 Å². The Labute approximate surface area is 171 Å². The van der Waals surface area contributed by atoms with Gasteiger partial charge in [0.2, 0.25) is 0 Å². The van der Waals surface area contributed by atoms with Crippen LogP contribution in [-0.4, -0.2) is 20.7 Å². The third-order valence-electron chi connectivity index (χ3n) is 4.75. The fourth-order valence-electron chi connectivity index (χ4n) is 3.28. The van der Waals surface area contributed by atoms with Crippen molar-refractivity contribution in [1.29, 1.82) is 0 Å². The smallest absolute Gasteiger partial charge is 0.340 e. The van der Waals surface area contributed by atoms with E-state index in [0.29, 0.717) is 17.2 Å². The van der Waals surface area contributed by atoms with Gasteiger partial charge < -0.3 is 18.1 Å². The van der Waals surface area contributed by atoms with E-state index in [9.17, 15) is 4.79 Å². The second-order valence-corrected chi connectivity index (χ2v) is 7.89. The average Bonchev–Trinajstić information content (AvgIpc) is 3.45. The highest BCUT2D eigenvalue weighted by molar-refractivity contribution is 7.09. The zero-order valence-electron chi connectivity index (χ0n) is 16.7. The zero-order chi connectivity index (χ0) is 20.5. The van der Waals surface area contributed by atoms with E-state index < -0.39 is 5.97 Å². The van der Waals surface area contributed by atoms with E-state index in [1.807, 2.05) is 51.3 Å². The summed E-state index contributed by atoms with van der Waals surface area (Å²) in [5, 5.41) is 10.0. The van der Waals surface area contributed by atoms with Crippen LogP contribution >= 0.6 is 11.3 Å². The van der Waals surface area contributed by atoms with Gasteiger partial charge in [0.15, 0.2) is 6.61 Å². The minimum Gasteiger partial charge on any atom is -0.466 e. The van der Waals surface area contributed by atoms with Crippen molar-refractivity contribution in [2.24, 2.45) is 0 Å². The topological polar surface area (TPSA) is 83.3 Å².